The molecule has 0 radical (unpaired) electrons. The minimum Gasteiger partial charge on any atom is -0.497 e. The highest BCUT2D eigenvalue weighted by Gasteiger charge is 2.22. The highest BCUT2D eigenvalue weighted by atomic mass is 32.2. The molecule has 2 aromatic carbocycles. The number of carbonyl (C=O) groups excluding carboxylic acids is 1. The van der Waals surface area contributed by atoms with E-state index in [2.05, 4.69) is 9.88 Å². The third-order valence-electron chi connectivity index (χ3n) is 6.16. The Morgan fingerprint density at radius 2 is 1.75 bits per heavy atom. The van der Waals surface area contributed by atoms with Gasteiger partial charge < -0.3 is 14.4 Å². The number of hydrogen-bond acceptors (Lipinski definition) is 7. The van der Waals surface area contributed by atoms with Gasteiger partial charge in [0.1, 0.15) is 5.75 Å². The summed E-state index contributed by atoms with van der Waals surface area (Å²) in [6.45, 7) is 2.78. The molecule has 5 rings (SSSR count). The van der Waals surface area contributed by atoms with Crippen molar-refractivity contribution in [3.8, 4) is 5.75 Å². The van der Waals surface area contributed by atoms with Crippen LogP contribution in [0.5, 0.6) is 5.75 Å². The number of carbonyl (C=O) groups is 1. The quantitative estimate of drug-likeness (QED) is 0.278. The first kappa shape index (κ1) is 23.8. The summed E-state index contributed by atoms with van der Waals surface area (Å²) in [6, 6.07) is 15.2. The van der Waals surface area contributed by atoms with Crippen molar-refractivity contribution in [1.82, 2.24) is 8.96 Å². The fourth-order valence-corrected chi connectivity index (χ4v) is 5.58. The van der Waals surface area contributed by atoms with Crippen LogP contribution in [0.1, 0.15) is 15.9 Å². The van der Waals surface area contributed by atoms with Crippen molar-refractivity contribution in [2.75, 3.05) is 38.3 Å². The molecule has 184 valence electrons. The summed E-state index contributed by atoms with van der Waals surface area (Å²) in [5.74, 6) is 0.375. The summed E-state index contributed by atoms with van der Waals surface area (Å²) < 4.78 is 39.1. The molecule has 0 atom stereocenters. The number of hydrogen-bond donors (Lipinski definition) is 0. The van der Waals surface area contributed by atoms with Gasteiger partial charge in [0.05, 0.1) is 30.7 Å². The fourth-order valence-electron chi connectivity index (χ4n) is 4.20. The Bertz CT molecular complexity index is 1520. The Balaban J connectivity index is 1.60. The molecular weight excluding hydrogens is 478 g/mol. The van der Waals surface area contributed by atoms with Crippen molar-refractivity contribution in [2.45, 2.75) is 4.90 Å². The summed E-state index contributed by atoms with van der Waals surface area (Å²) in [4.78, 5) is 19.0. The van der Waals surface area contributed by atoms with E-state index in [1.807, 2.05) is 18.2 Å². The molecule has 36 heavy (non-hydrogen) atoms. The molecule has 9 heteroatoms. The second-order valence-corrected chi connectivity index (χ2v) is 10.1. The zero-order valence-corrected chi connectivity index (χ0v) is 20.5. The van der Waals surface area contributed by atoms with Crippen LogP contribution in [0.25, 0.3) is 17.0 Å². The van der Waals surface area contributed by atoms with Gasteiger partial charge in [0, 0.05) is 53.9 Å². The number of methoxy groups -OCH3 is 1. The van der Waals surface area contributed by atoms with E-state index in [1.54, 1.807) is 48.9 Å². The number of allylic oxidation sites excluding steroid dienone is 1. The number of morpholine rings is 1. The molecule has 1 aliphatic rings. The van der Waals surface area contributed by atoms with Crippen LogP contribution in [-0.4, -0.2) is 56.6 Å². The van der Waals surface area contributed by atoms with Crippen LogP contribution in [-0.2, 0) is 14.8 Å². The molecule has 1 fully saturated rings. The second kappa shape index (κ2) is 9.96. The van der Waals surface area contributed by atoms with Crippen molar-refractivity contribution < 1.29 is 22.7 Å². The largest absolute Gasteiger partial charge is 0.497 e. The minimum absolute atomic E-state index is 0.140. The molecule has 8 nitrogen and oxygen atoms in total. The number of ketones is 1. The molecule has 1 saturated heterocycles. The standard InChI is InChI=1S/C27H25N3O5S/c1-34-23-4-6-24(7-5-23)36(32,33)30-19-21(2-9-27(31)20-10-12-28-13-11-20)25-18-22(3-8-26(25)30)29-14-16-35-17-15-29/h2-13,18-19H,14-17H2,1H3/b9-2+. The molecule has 0 unspecified atom stereocenters. The van der Waals surface area contributed by atoms with Crippen LogP contribution in [0.4, 0.5) is 5.69 Å². The van der Waals surface area contributed by atoms with E-state index in [4.69, 9.17) is 9.47 Å². The highest BCUT2D eigenvalue weighted by molar-refractivity contribution is 7.90. The number of aromatic nitrogens is 2. The zero-order chi connectivity index (χ0) is 25.1. The van der Waals surface area contributed by atoms with Crippen LogP contribution in [0.3, 0.4) is 0 Å². The highest BCUT2D eigenvalue weighted by Crippen LogP contribution is 2.31. The molecule has 3 heterocycles. The molecule has 0 amide bonds. The van der Waals surface area contributed by atoms with Gasteiger partial charge >= 0.3 is 0 Å². The van der Waals surface area contributed by atoms with Gasteiger partial charge in [-0.3, -0.25) is 9.78 Å². The number of pyridine rings is 1. The van der Waals surface area contributed by atoms with Gasteiger partial charge in [-0.2, -0.15) is 0 Å². The number of fused-ring (bicyclic) bond motifs is 1. The Morgan fingerprint density at radius 1 is 1.03 bits per heavy atom. The Hall–Kier alpha value is -3.95. The first-order valence-corrected chi connectivity index (χ1v) is 12.9. The first-order valence-electron chi connectivity index (χ1n) is 11.5. The molecule has 0 saturated carbocycles. The van der Waals surface area contributed by atoms with Gasteiger partial charge in [0.15, 0.2) is 5.78 Å². The normalized spacial score (nSPS) is 14.4. The van der Waals surface area contributed by atoms with E-state index < -0.39 is 10.0 Å². The van der Waals surface area contributed by atoms with E-state index in [0.29, 0.717) is 35.6 Å². The third kappa shape index (κ3) is 4.62. The predicted octanol–water partition coefficient (Wildman–Crippen LogP) is 4.01. The average Bonchev–Trinajstić information content (AvgIpc) is 3.31. The average molecular weight is 504 g/mol. The van der Waals surface area contributed by atoms with Crippen LogP contribution in [0.15, 0.2) is 84.2 Å². The van der Waals surface area contributed by atoms with E-state index in [0.717, 1.165) is 24.2 Å². The smallest absolute Gasteiger partial charge is 0.268 e. The van der Waals surface area contributed by atoms with Gasteiger partial charge in [0.2, 0.25) is 0 Å². The van der Waals surface area contributed by atoms with E-state index in [9.17, 15) is 13.2 Å². The van der Waals surface area contributed by atoms with Crippen molar-refractivity contribution >= 4 is 38.5 Å². The maximum Gasteiger partial charge on any atom is 0.268 e. The maximum atomic E-state index is 13.6. The molecule has 4 aromatic rings. The van der Waals surface area contributed by atoms with Gasteiger partial charge in [-0.05, 0) is 66.7 Å². The Kier molecular flexibility index (Phi) is 6.58. The van der Waals surface area contributed by atoms with E-state index >= 15 is 0 Å². The lowest BCUT2D eigenvalue weighted by Crippen LogP contribution is -2.36. The van der Waals surface area contributed by atoms with E-state index in [-0.39, 0.29) is 10.7 Å². The number of benzene rings is 2. The van der Waals surface area contributed by atoms with Crippen molar-refractivity contribution in [3.63, 3.8) is 0 Å². The summed E-state index contributed by atoms with van der Waals surface area (Å²) in [5, 5.41) is 0.731. The molecule has 0 bridgehead atoms. The third-order valence-corrected chi connectivity index (χ3v) is 7.84. The number of rotatable bonds is 7. The van der Waals surface area contributed by atoms with Crippen LogP contribution in [0.2, 0.25) is 0 Å². The van der Waals surface area contributed by atoms with Gasteiger partial charge in [-0.25, -0.2) is 12.4 Å². The first-order chi connectivity index (χ1) is 17.5. The SMILES string of the molecule is COc1ccc(S(=O)(=O)n2cc(/C=C/C(=O)c3ccncc3)c3cc(N4CCOCC4)ccc32)cc1. The van der Waals surface area contributed by atoms with E-state index in [1.165, 1.54) is 29.3 Å². The fraction of sp³-hybridized carbons (Fsp3) is 0.185. The summed E-state index contributed by atoms with van der Waals surface area (Å²) in [5.41, 5.74) is 2.63. The van der Waals surface area contributed by atoms with Crippen molar-refractivity contribution in [2.24, 2.45) is 0 Å². The summed E-state index contributed by atoms with van der Waals surface area (Å²) in [6.07, 6.45) is 7.79. The van der Waals surface area contributed by atoms with Gasteiger partial charge in [-0.1, -0.05) is 0 Å². The zero-order valence-electron chi connectivity index (χ0n) is 19.7. The Labute approximate surface area is 209 Å². The lowest BCUT2D eigenvalue weighted by molar-refractivity contribution is 0.104. The van der Waals surface area contributed by atoms with Crippen LogP contribution >= 0.6 is 0 Å². The van der Waals surface area contributed by atoms with Crippen molar-refractivity contribution in [1.29, 1.82) is 0 Å². The number of ether oxygens (including phenoxy) is 2. The molecule has 0 spiro atoms. The Morgan fingerprint density at radius 3 is 2.44 bits per heavy atom. The predicted molar refractivity (Wildman–Crippen MR) is 138 cm³/mol. The molecule has 2 aromatic heterocycles. The number of anilines is 1. The minimum atomic E-state index is -3.90. The number of nitrogens with zero attached hydrogens (tertiary/aromatic N) is 3. The topological polar surface area (TPSA) is 90.7 Å². The van der Waals surface area contributed by atoms with Crippen LogP contribution < -0.4 is 9.64 Å². The summed E-state index contributed by atoms with van der Waals surface area (Å²) >= 11 is 0. The second-order valence-electron chi connectivity index (χ2n) is 8.30. The molecule has 0 aliphatic carbocycles. The summed E-state index contributed by atoms with van der Waals surface area (Å²) in [7, 11) is -2.37. The maximum absolute atomic E-state index is 13.6. The monoisotopic (exact) mass is 503 g/mol. The molecular formula is C27H25N3O5S. The van der Waals surface area contributed by atoms with Crippen LogP contribution in [0, 0.1) is 0 Å². The molecule has 1 aliphatic heterocycles. The van der Waals surface area contributed by atoms with Gasteiger partial charge in [-0.15, -0.1) is 0 Å². The van der Waals surface area contributed by atoms with Gasteiger partial charge in [0.25, 0.3) is 10.0 Å². The molecule has 0 N–H and O–H groups in total. The lowest BCUT2D eigenvalue weighted by atomic mass is 10.1. The van der Waals surface area contributed by atoms with Crippen molar-refractivity contribution in [3.05, 3.63) is 90.4 Å². The lowest BCUT2D eigenvalue weighted by Gasteiger charge is -2.29.